The van der Waals surface area contributed by atoms with E-state index < -0.39 is 11.6 Å². The Bertz CT molecular complexity index is 348. The van der Waals surface area contributed by atoms with E-state index in [1.807, 2.05) is 0 Å². The molecule has 1 atom stereocenters. The average molecular weight is 260 g/mol. The van der Waals surface area contributed by atoms with Gasteiger partial charge in [0.05, 0.1) is 4.48 Å². The van der Waals surface area contributed by atoms with Crippen molar-refractivity contribution in [2.24, 2.45) is 16.6 Å². The number of carboxylic acid groups (broad SMARTS) is 1. The van der Waals surface area contributed by atoms with Gasteiger partial charge in [-0.1, -0.05) is 0 Å². The standard InChI is InChI=1S/C8H10BrN3O2/c9-5-3-11-8(7(13)14,4-1-2-4)12-6(5)10/h3-4,11H,1-2H2,(H2,10,12)(H,13,14). The van der Waals surface area contributed by atoms with Crippen LogP contribution in [0.4, 0.5) is 0 Å². The van der Waals surface area contributed by atoms with Gasteiger partial charge < -0.3 is 16.2 Å². The maximum absolute atomic E-state index is 11.1. The Kier molecular flexibility index (Phi) is 2.02. The third-order valence-corrected chi connectivity index (χ3v) is 3.09. The molecule has 1 aliphatic heterocycles. The van der Waals surface area contributed by atoms with Crippen LogP contribution >= 0.6 is 15.9 Å². The van der Waals surface area contributed by atoms with Crippen molar-refractivity contribution in [2.75, 3.05) is 0 Å². The Morgan fingerprint density at radius 1 is 1.79 bits per heavy atom. The summed E-state index contributed by atoms with van der Waals surface area (Å²) in [5, 5.41) is 11.9. The smallest absolute Gasteiger partial charge is 0.352 e. The van der Waals surface area contributed by atoms with Crippen molar-refractivity contribution in [3.05, 3.63) is 10.7 Å². The number of aliphatic carboxylic acids is 1. The van der Waals surface area contributed by atoms with E-state index in [-0.39, 0.29) is 11.8 Å². The first-order valence-corrected chi connectivity index (χ1v) is 5.08. The van der Waals surface area contributed by atoms with E-state index in [9.17, 15) is 4.79 Å². The topological polar surface area (TPSA) is 87.7 Å². The van der Waals surface area contributed by atoms with E-state index in [4.69, 9.17) is 10.8 Å². The lowest BCUT2D eigenvalue weighted by Gasteiger charge is -2.29. The lowest BCUT2D eigenvalue weighted by atomic mass is 10.0. The molecule has 0 saturated heterocycles. The second kappa shape index (κ2) is 2.98. The summed E-state index contributed by atoms with van der Waals surface area (Å²) in [6.07, 6.45) is 3.30. The first-order chi connectivity index (χ1) is 6.56. The fourth-order valence-corrected chi connectivity index (χ4v) is 1.72. The molecule has 5 nitrogen and oxygen atoms in total. The summed E-state index contributed by atoms with van der Waals surface area (Å²) in [4.78, 5) is 15.2. The van der Waals surface area contributed by atoms with Crippen molar-refractivity contribution < 1.29 is 9.90 Å². The number of nitrogens with zero attached hydrogens (tertiary/aromatic N) is 1. The summed E-state index contributed by atoms with van der Waals surface area (Å²) in [7, 11) is 0. The van der Waals surface area contributed by atoms with Crippen molar-refractivity contribution in [2.45, 2.75) is 18.5 Å². The summed E-state index contributed by atoms with van der Waals surface area (Å²) < 4.78 is 0.593. The van der Waals surface area contributed by atoms with Gasteiger partial charge in [0.1, 0.15) is 5.84 Å². The summed E-state index contributed by atoms with van der Waals surface area (Å²) in [6.45, 7) is 0. The lowest BCUT2D eigenvalue weighted by molar-refractivity contribution is -0.145. The molecule has 0 aromatic rings. The SMILES string of the molecule is NC1=NC(C(=O)O)(C2CC2)NC=C1Br. The van der Waals surface area contributed by atoms with Gasteiger partial charge in [-0.2, -0.15) is 0 Å². The van der Waals surface area contributed by atoms with Crippen LogP contribution in [0, 0.1) is 5.92 Å². The molecule has 14 heavy (non-hydrogen) atoms. The number of halogens is 1. The molecule has 0 aromatic carbocycles. The zero-order valence-corrected chi connectivity index (χ0v) is 8.91. The van der Waals surface area contributed by atoms with Gasteiger partial charge in [-0.25, -0.2) is 9.79 Å². The van der Waals surface area contributed by atoms with Gasteiger partial charge in [0, 0.05) is 12.1 Å². The summed E-state index contributed by atoms with van der Waals surface area (Å²) in [5.41, 5.74) is 4.35. The molecule has 76 valence electrons. The first-order valence-electron chi connectivity index (χ1n) is 4.29. The Labute approximate surface area is 89.2 Å². The Morgan fingerprint density at radius 2 is 2.43 bits per heavy atom. The molecule has 1 fully saturated rings. The van der Waals surface area contributed by atoms with Crippen LogP contribution in [-0.4, -0.2) is 22.6 Å². The third-order valence-electron chi connectivity index (χ3n) is 2.45. The van der Waals surface area contributed by atoms with Gasteiger partial charge in [0.2, 0.25) is 5.66 Å². The van der Waals surface area contributed by atoms with E-state index in [1.165, 1.54) is 0 Å². The Balaban J connectivity index is 2.35. The van der Waals surface area contributed by atoms with Crippen LogP contribution in [0.25, 0.3) is 0 Å². The van der Waals surface area contributed by atoms with Crippen molar-refractivity contribution in [1.29, 1.82) is 0 Å². The van der Waals surface area contributed by atoms with Crippen molar-refractivity contribution in [3.63, 3.8) is 0 Å². The second-order valence-corrected chi connectivity index (χ2v) is 4.33. The van der Waals surface area contributed by atoms with Gasteiger partial charge in [0.15, 0.2) is 0 Å². The minimum atomic E-state index is -1.23. The summed E-state index contributed by atoms with van der Waals surface area (Å²) in [5.74, 6) is -0.687. The molecule has 2 rings (SSSR count). The maximum atomic E-state index is 11.1. The molecule has 1 unspecified atom stereocenters. The van der Waals surface area contributed by atoms with Gasteiger partial charge in [-0.15, -0.1) is 0 Å². The fourth-order valence-electron chi connectivity index (χ4n) is 1.52. The number of hydrogen-bond acceptors (Lipinski definition) is 4. The molecule has 1 aliphatic carbocycles. The number of nitrogens with one attached hydrogen (secondary N) is 1. The van der Waals surface area contributed by atoms with Crippen molar-refractivity contribution >= 4 is 27.7 Å². The highest BCUT2D eigenvalue weighted by atomic mass is 79.9. The van der Waals surface area contributed by atoms with Gasteiger partial charge in [0.25, 0.3) is 0 Å². The molecule has 0 amide bonds. The van der Waals surface area contributed by atoms with Gasteiger partial charge in [-0.3, -0.25) is 0 Å². The van der Waals surface area contributed by atoms with Crippen LogP contribution in [0.5, 0.6) is 0 Å². The van der Waals surface area contributed by atoms with E-state index in [1.54, 1.807) is 6.20 Å². The largest absolute Gasteiger partial charge is 0.478 e. The zero-order valence-electron chi connectivity index (χ0n) is 7.33. The number of amidine groups is 1. The van der Waals surface area contributed by atoms with E-state index in [0.29, 0.717) is 4.48 Å². The molecule has 0 spiro atoms. The van der Waals surface area contributed by atoms with Crippen LogP contribution in [0.2, 0.25) is 0 Å². The number of hydrogen-bond donors (Lipinski definition) is 3. The Hall–Kier alpha value is -1.04. The number of carboxylic acids is 1. The minimum absolute atomic E-state index is 0.0513. The molecule has 0 aromatic heterocycles. The number of rotatable bonds is 2. The molecule has 1 saturated carbocycles. The highest BCUT2D eigenvalue weighted by Crippen LogP contribution is 2.42. The molecular formula is C8H10BrN3O2. The molecule has 0 radical (unpaired) electrons. The van der Waals surface area contributed by atoms with Gasteiger partial charge >= 0.3 is 5.97 Å². The first kappa shape index (κ1) is 9.51. The molecule has 0 bridgehead atoms. The van der Waals surface area contributed by atoms with Crippen molar-refractivity contribution in [3.8, 4) is 0 Å². The van der Waals surface area contributed by atoms with E-state index in [0.717, 1.165) is 12.8 Å². The quantitative estimate of drug-likeness (QED) is 0.669. The molecule has 1 heterocycles. The molecule has 4 N–H and O–H groups in total. The highest BCUT2D eigenvalue weighted by molar-refractivity contribution is 9.12. The number of nitrogens with two attached hydrogens (primary N) is 1. The molecule has 6 heteroatoms. The second-order valence-electron chi connectivity index (χ2n) is 3.48. The third kappa shape index (κ3) is 1.30. The predicted molar refractivity (Wildman–Crippen MR) is 54.9 cm³/mol. The van der Waals surface area contributed by atoms with Crippen LogP contribution in [0.3, 0.4) is 0 Å². The Morgan fingerprint density at radius 3 is 2.86 bits per heavy atom. The van der Waals surface area contributed by atoms with Crippen LogP contribution in [-0.2, 0) is 4.79 Å². The van der Waals surface area contributed by atoms with Gasteiger partial charge in [-0.05, 0) is 28.8 Å². The van der Waals surface area contributed by atoms with E-state index in [2.05, 4.69) is 26.2 Å². The normalized spacial score (nSPS) is 31.5. The van der Waals surface area contributed by atoms with E-state index >= 15 is 0 Å². The van der Waals surface area contributed by atoms with Crippen LogP contribution in [0.1, 0.15) is 12.8 Å². The molecular weight excluding hydrogens is 250 g/mol. The number of carbonyl (C=O) groups is 1. The summed E-state index contributed by atoms with van der Waals surface area (Å²) >= 11 is 3.17. The van der Waals surface area contributed by atoms with Crippen LogP contribution in [0.15, 0.2) is 15.7 Å². The maximum Gasteiger partial charge on any atom is 0.352 e. The molecule has 2 aliphatic rings. The fraction of sp³-hybridized carbons (Fsp3) is 0.500. The lowest BCUT2D eigenvalue weighted by Crippen LogP contribution is -2.53. The average Bonchev–Trinajstić information content (AvgIpc) is 2.92. The highest BCUT2D eigenvalue weighted by Gasteiger charge is 2.52. The minimum Gasteiger partial charge on any atom is -0.478 e. The number of aliphatic imine (C=N–C) groups is 1. The monoisotopic (exact) mass is 259 g/mol. The van der Waals surface area contributed by atoms with Crippen LogP contribution < -0.4 is 11.1 Å². The predicted octanol–water partition coefficient (Wildman–Crippen LogP) is 0.374. The zero-order chi connectivity index (χ0) is 10.3. The summed E-state index contributed by atoms with van der Waals surface area (Å²) in [6, 6.07) is 0. The van der Waals surface area contributed by atoms with Crippen molar-refractivity contribution in [1.82, 2.24) is 5.32 Å².